The van der Waals surface area contributed by atoms with Crippen LogP contribution in [0, 0.1) is 0 Å². The summed E-state index contributed by atoms with van der Waals surface area (Å²) in [5.41, 5.74) is 5.44. The van der Waals surface area contributed by atoms with Gasteiger partial charge in [-0.1, -0.05) is 31.4 Å². The van der Waals surface area contributed by atoms with Gasteiger partial charge in [0.1, 0.15) is 0 Å². The van der Waals surface area contributed by atoms with E-state index >= 15 is 0 Å². The molecule has 0 bridgehead atoms. The Balaban J connectivity index is 2.13. The molecule has 0 heterocycles. The summed E-state index contributed by atoms with van der Waals surface area (Å²) in [4.78, 5) is 0. The Morgan fingerprint density at radius 2 is 1.59 bits per heavy atom. The lowest BCUT2D eigenvalue weighted by Crippen LogP contribution is -2.00. The van der Waals surface area contributed by atoms with E-state index in [1.165, 1.54) is 19.3 Å². The molecule has 3 nitrogen and oxygen atoms in total. The lowest BCUT2D eigenvalue weighted by Gasteiger charge is -2.09. The normalized spacial score (nSPS) is 10.2. The fraction of sp³-hybridized carbons (Fsp3) is 0.571. The van der Waals surface area contributed by atoms with Crippen molar-refractivity contribution in [2.45, 2.75) is 32.1 Å². The van der Waals surface area contributed by atoms with E-state index in [1.807, 2.05) is 24.3 Å². The highest BCUT2D eigenvalue weighted by molar-refractivity contribution is 5.39. The molecule has 0 aliphatic heterocycles. The van der Waals surface area contributed by atoms with Crippen molar-refractivity contribution in [3.05, 3.63) is 24.3 Å². The Kier molecular flexibility index (Phi) is 7.23. The second-order valence-corrected chi connectivity index (χ2v) is 4.06. The van der Waals surface area contributed by atoms with Crippen LogP contribution in [0.4, 0.5) is 0 Å². The highest BCUT2D eigenvalue weighted by Crippen LogP contribution is 2.25. The van der Waals surface area contributed by atoms with Gasteiger partial charge >= 0.3 is 0 Å². The number of benzene rings is 1. The van der Waals surface area contributed by atoms with Crippen molar-refractivity contribution in [3.8, 4) is 11.5 Å². The predicted molar refractivity (Wildman–Crippen MR) is 70.6 cm³/mol. The maximum absolute atomic E-state index is 5.68. The van der Waals surface area contributed by atoms with Crippen LogP contribution in [0.1, 0.15) is 32.1 Å². The molecule has 0 aliphatic rings. The van der Waals surface area contributed by atoms with Gasteiger partial charge in [0.25, 0.3) is 0 Å². The van der Waals surface area contributed by atoms with Crippen molar-refractivity contribution < 1.29 is 9.47 Å². The van der Waals surface area contributed by atoms with E-state index < -0.39 is 0 Å². The van der Waals surface area contributed by atoms with Crippen LogP contribution in [0.25, 0.3) is 0 Å². The molecule has 0 atom stereocenters. The molecule has 0 spiro atoms. The van der Waals surface area contributed by atoms with Crippen LogP contribution < -0.4 is 15.2 Å². The highest BCUT2D eigenvalue weighted by Gasteiger charge is 2.01. The standard InChI is InChI=1S/C14H23NO2/c1-16-13-9-5-6-10-14(13)17-12-8-4-2-3-7-11-15/h5-6,9-10H,2-4,7-8,11-12,15H2,1H3. The van der Waals surface area contributed by atoms with Gasteiger partial charge in [0, 0.05) is 0 Å². The first-order chi connectivity index (χ1) is 8.38. The van der Waals surface area contributed by atoms with Gasteiger partial charge < -0.3 is 15.2 Å². The van der Waals surface area contributed by atoms with Gasteiger partial charge in [-0.05, 0) is 31.5 Å². The molecule has 0 fully saturated rings. The lowest BCUT2D eigenvalue weighted by atomic mass is 10.1. The zero-order valence-corrected chi connectivity index (χ0v) is 10.7. The van der Waals surface area contributed by atoms with Crippen LogP contribution in [0.15, 0.2) is 24.3 Å². The smallest absolute Gasteiger partial charge is 0.161 e. The summed E-state index contributed by atoms with van der Waals surface area (Å²) in [6.45, 7) is 1.56. The van der Waals surface area contributed by atoms with E-state index in [9.17, 15) is 0 Å². The Hall–Kier alpha value is -1.22. The first-order valence-electron chi connectivity index (χ1n) is 6.34. The Morgan fingerprint density at radius 3 is 2.29 bits per heavy atom. The molecule has 0 radical (unpaired) electrons. The fourth-order valence-electron chi connectivity index (χ4n) is 1.70. The Morgan fingerprint density at radius 1 is 0.941 bits per heavy atom. The van der Waals surface area contributed by atoms with Crippen LogP contribution in [-0.4, -0.2) is 20.3 Å². The zero-order valence-electron chi connectivity index (χ0n) is 10.7. The number of hydrogen-bond acceptors (Lipinski definition) is 3. The zero-order chi connectivity index (χ0) is 12.3. The van der Waals surface area contributed by atoms with Gasteiger partial charge in [-0.2, -0.15) is 0 Å². The third-order valence-electron chi connectivity index (χ3n) is 2.68. The predicted octanol–water partition coefficient (Wildman–Crippen LogP) is 2.98. The van der Waals surface area contributed by atoms with Crippen molar-refractivity contribution in [1.29, 1.82) is 0 Å². The van der Waals surface area contributed by atoms with Crippen molar-refractivity contribution >= 4 is 0 Å². The maximum Gasteiger partial charge on any atom is 0.161 e. The number of rotatable bonds is 9. The number of methoxy groups -OCH3 is 1. The quantitative estimate of drug-likeness (QED) is 0.671. The summed E-state index contributed by atoms with van der Waals surface area (Å²) in [6.07, 6.45) is 5.89. The Labute approximate surface area is 104 Å². The van der Waals surface area contributed by atoms with Crippen LogP contribution in [0.5, 0.6) is 11.5 Å². The van der Waals surface area contributed by atoms with Crippen LogP contribution >= 0.6 is 0 Å². The third kappa shape index (κ3) is 5.59. The first kappa shape index (κ1) is 13.8. The van der Waals surface area contributed by atoms with Crippen LogP contribution in [0.3, 0.4) is 0 Å². The van der Waals surface area contributed by atoms with E-state index in [4.69, 9.17) is 15.2 Å². The molecule has 0 aliphatic carbocycles. The van der Waals surface area contributed by atoms with E-state index in [0.29, 0.717) is 0 Å². The van der Waals surface area contributed by atoms with E-state index in [0.717, 1.165) is 37.5 Å². The average Bonchev–Trinajstić information content (AvgIpc) is 2.38. The van der Waals surface area contributed by atoms with Gasteiger partial charge in [-0.3, -0.25) is 0 Å². The molecule has 17 heavy (non-hydrogen) atoms. The van der Waals surface area contributed by atoms with E-state index in [1.54, 1.807) is 7.11 Å². The molecule has 1 rings (SSSR count). The van der Waals surface area contributed by atoms with E-state index in [-0.39, 0.29) is 0 Å². The molecule has 96 valence electrons. The Bertz CT molecular complexity index is 302. The van der Waals surface area contributed by atoms with E-state index in [2.05, 4.69) is 0 Å². The van der Waals surface area contributed by atoms with Gasteiger partial charge in [-0.25, -0.2) is 0 Å². The minimum absolute atomic E-state index is 0.753. The number of hydrogen-bond donors (Lipinski definition) is 1. The molecule has 3 heteroatoms. The van der Waals surface area contributed by atoms with Gasteiger partial charge in [0.2, 0.25) is 0 Å². The fourth-order valence-corrected chi connectivity index (χ4v) is 1.70. The van der Waals surface area contributed by atoms with Crippen LogP contribution in [0.2, 0.25) is 0 Å². The minimum Gasteiger partial charge on any atom is -0.493 e. The van der Waals surface area contributed by atoms with Gasteiger partial charge in [-0.15, -0.1) is 0 Å². The second-order valence-electron chi connectivity index (χ2n) is 4.06. The number of unbranched alkanes of at least 4 members (excludes halogenated alkanes) is 4. The maximum atomic E-state index is 5.68. The SMILES string of the molecule is COc1ccccc1OCCCCCCCN. The molecular weight excluding hydrogens is 214 g/mol. The molecule has 0 saturated heterocycles. The third-order valence-corrected chi connectivity index (χ3v) is 2.68. The second kappa shape index (κ2) is 8.88. The molecule has 0 aromatic heterocycles. The minimum atomic E-state index is 0.753. The summed E-state index contributed by atoms with van der Waals surface area (Å²) in [5.74, 6) is 1.63. The van der Waals surface area contributed by atoms with Crippen molar-refractivity contribution in [2.24, 2.45) is 5.73 Å². The average molecular weight is 237 g/mol. The summed E-state index contributed by atoms with van der Waals surface area (Å²) in [5, 5.41) is 0. The lowest BCUT2D eigenvalue weighted by molar-refractivity contribution is 0.285. The molecule has 0 amide bonds. The summed E-state index contributed by atoms with van der Waals surface area (Å²) in [6, 6.07) is 7.75. The number of ether oxygens (including phenoxy) is 2. The summed E-state index contributed by atoms with van der Waals surface area (Å²) in [7, 11) is 1.66. The molecular formula is C14H23NO2. The molecule has 0 unspecified atom stereocenters. The van der Waals surface area contributed by atoms with Crippen molar-refractivity contribution in [1.82, 2.24) is 0 Å². The number of para-hydroxylation sites is 2. The van der Waals surface area contributed by atoms with Gasteiger partial charge in [0.15, 0.2) is 11.5 Å². The first-order valence-corrected chi connectivity index (χ1v) is 6.34. The topological polar surface area (TPSA) is 44.5 Å². The molecule has 1 aromatic rings. The highest BCUT2D eigenvalue weighted by atomic mass is 16.5. The molecule has 1 aromatic carbocycles. The summed E-state index contributed by atoms with van der Waals surface area (Å²) < 4.78 is 10.9. The van der Waals surface area contributed by atoms with Crippen molar-refractivity contribution in [2.75, 3.05) is 20.3 Å². The monoisotopic (exact) mass is 237 g/mol. The van der Waals surface area contributed by atoms with Gasteiger partial charge in [0.05, 0.1) is 13.7 Å². The molecule has 0 saturated carbocycles. The van der Waals surface area contributed by atoms with Crippen LogP contribution in [-0.2, 0) is 0 Å². The molecule has 2 N–H and O–H groups in total. The number of nitrogens with two attached hydrogens (primary N) is 1. The van der Waals surface area contributed by atoms with Crippen molar-refractivity contribution in [3.63, 3.8) is 0 Å². The largest absolute Gasteiger partial charge is 0.493 e. The summed E-state index contributed by atoms with van der Waals surface area (Å²) >= 11 is 0.